The lowest BCUT2D eigenvalue weighted by Crippen LogP contribution is -1.93. The SMILES string of the molecule is O=C(S)c1ccc(CCl)c(F)c1. The molecule has 0 spiro atoms. The fraction of sp³-hybridized carbons (Fsp3) is 0.125. The van der Waals surface area contributed by atoms with Crippen molar-refractivity contribution in [3.8, 4) is 0 Å². The molecule has 0 aromatic heterocycles. The predicted molar refractivity (Wildman–Crippen MR) is 49.3 cm³/mol. The smallest absolute Gasteiger partial charge is 0.216 e. The first-order valence-corrected chi connectivity index (χ1v) is 4.21. The first-order chi connectivity index (χ1) is 5.65. The highest BCUT2D eigenvalue weighted by atomic mass is 35.5. The van der Waals surface area contributed by atoms with Crippen LogP contribution >= 0.6 is 24.2 Å². The molecule has 0 aliphatic rings. The maximum Gasteiger partial charge on any atom is 0.216 e. The number of thiol groups is 1. The number of carbonyl (C=O) groups is 1. The van der Waals surface area contributed by atoms with Crippen molar-refractivity contribution in [3.63, 3.8) is 0 Å². The van der Waals surface area contributed by atoms with Gasteiger partial charge in [-0.25, -0.2) is 4.39 Å². The van der Waals surface area contributed by atoms with Crippen LogP contribution in [0, 0.1) is 5.82 Å². The van der Waals surface area contributed by atoms with E-state index >= 15 is 0 Å². The molecule has 0 atom stereocenters. The highest BCUT2D eigenvalue weighted by molar-refractivity contribution is 7.97. The Morgan fingerprint density at radius 3 is 2.67 bits per heavy atom. The topological polar surface area (TPSA) is 17.1 Å². The quantitative estimate of drug-likeness (QED) is 0.579. The van der Waals surface area contributed by atoms with E-state index in [2.05, 4.69) is 12.6 Å². The molecule has 12 heavy (non-hydrogen) atoms. The molecule has 1 aromatic rings. The van der Waals surface area contributed by atoms with Gasteiger partial charge in [0.15, 0.2) is 0 Å². The summed E-state index contributed by atoms with van der Waals surface area (Å²) in [5.41, 5.74) is 0.625. The standard InChI is InChI=1S/C8H6ClFOS/c9-4-6-2-1-5(8(11)12)3-7(6)10/h1-3H,4H2,(H,11,12). The molecule has 0 unspecified atom stereocenters. The van der Waals surface area contributed by atoms with Crippen molar-refractivity contribution in [1.29, 1.82) is 0 Å². The highest BCUT2D eigenvalue weighted by Crippen LogP contribution is 2.13. The molecule has 0 amide bonds. The fourth-order valence-electron chi connectivity index (χ4n) is 0.789. The van der Waals surface area contributed by atoms with Gasteiger partial charge in [0, 0.05) is 11.1 Å². The molecule has 1 nitrogen and oxygen atoms in total. The van der Waals surface area contributed by atoms with Gasteiger partial charge < -0.3 is 0 Å². The second-order valence-electron chi connectivity index (χ2n) is 2.24. The van der Waals surface area contributed by atoms with E-state index in [1.165, 1.54) is 12.1 Å². The third-order valence-corrected chi connectivity index (χ3v) is 1.99. The average Bonchev–Trinajstić information content (AvgIpc) is 2.04. The van der Waals surface area contributed by atoms with Crippen molar-refractivity contribution in [1.82, 2.24) is 0 Å². The maximum absolute atomic E-state index is 12.9. The van der Waals surface area contributed by atoms with Gasteiger partial charge in [0.25, 0.3) is 0 Å². The summed E-state index contributed by atoms with van der Waals surface area (Å²) in [6.07, 6.45) is 0. The zero-order valence-electron chi connectivity index (χ0n) is 6.05. The van der Waals surface area contributed by atoms with E-state index in [1.54, 1.807) is 0 Å². The molecule has 0 saturated carbocycles. The lowest BCUT2D eigenvalue weighted by atomic mass is 10.1. The molecular weight excluding hydrogens is 199 g/mol. The van der Waals surface area contributed by atoms with E-state index in [-0.39, 0.29) is 11.4 Å². The van der Waals surface area contributed by atoms with Crippen LogP contribution < -0.4 is 0 Å². The molecule has 0 heterocycles. The Labute approximate surface area is 79.9 Å². The molecule has 1 rings (SSSR count). The van der Waals surface area contributed by atoms with Crippen LogP contribution in [0.3, 0.4) is 0 Å². The first-order valence-electron chi connectivity index (χ1n) is 3.23. The summed E-state index contributed by atoms with van der Waals surface area (Å²) >= 11 is 8.98. The van der Waals surface area contributed by atoms with Gasteiger partial charge in [0.2, 0.25) is 5.12 Å². The van der Waals surface area contributed by atoms with Gasteiger partial charge in [0.05, 0.1) is 5.88 Å². The highest BCUT2D eigenvalue weighted by Gasteiger charge is 2.05. The van der Waals surface area contributed by atoms with Crippen molar-refractivity contribution in [3.05, 3.63) is 35.1 Å². The first kappa shape index (κ1) is 9.55. The van der Waals surface area contributed by atoms with E-state index in [4.69, 9.17) is 11.6 Å². The van der Waals surface area contributed by atoms with Crippen LogP contribution in [0.25, 0.3) is 0 Å². The number of carbonyl (C=O) groups excluding carboxylic acids is 1. The minimum Gasteiger partial charge on any atom is -0.282 e. The fourth-order valence-corrected chi connectivity index (χ4v) is 1.14. The summed E-state index contributed by atoms with van der Waals surface area (Å²) in [4.78, 5) is 10.7. The van der Waals surface area contributed by atoms with Crippen molar-refractivity contribution in [2.24, 2.45) is 0 Å². The molecule has 0 aliphatic carbocycles. The van der Waals surface area contributed by atoms with Gasteiger partial charge in [-0.3, -0.25) is 4.79 Å². The monoisotopic (exact) mass is 204 g/mol. The van der Waals surface area contributed by atoms with E-state index in [0.29, 0.717) is 5.56 Å². The zero-order valence-corrected chi connectivity index (χ0v) is 7.70. The number of rotatable bonds is 2. The summed E-state index contributed by atoms with van der Waals surface area (Å²) < 4.78 is 12.9. The normalized spacial score (nSPS) is 9.92. The predicted octanol–water partition coefficient (Wildman–Crippen LogP) is 2.63. The molecule has 4 heteroatoms. The summed E-state index contributed by atoms with van der Waals surface area (Å²) in [5.74, 6) is -0.364. The van der Waals surface area contributed by atoms with Crippen molar-refractivity contribution < 1.29 is 9.18 Å². The third kappa shape index (κ3) is 1.99. The second kappa shape index (κ2) is 3.92. The van der Waals surface area contributed by atoms with Crippen LogP contribution in [-0.2, 0) is 5.88 Å². The minimum absolute atomic E-state index is 0.104. The van der Waals surface area contributed by atoms with Crippen LogP contribution in [0.2, 0.25) is 0 Å². The number of benzene rings is 1. The maximum atomic E-state index is 12.9. The average molecular weight is 205 g/mol. The third-order valence-electron chi connectivity index (χ3n) is 1.44. The minimum atomic E-state index is -0.468. The second-order valence-corrected chi connectivity index (χ2v) is 2.92. The Morgan fingerprint density at radius 2 is 2.25 bits per heavy atom. The molecular formula is C8H6ClFOS. The van der Waals surface area contributed by atoms with Crippen LogP contribution in [0.4, 0.5) is 4.39 Å². The molecule has 64 valence electrons. The number of hydrogen-bond acceptors (Lipinski definition) is 1. The van der Waals surface area contributed by atoms with E-state index in [1.807, 2.05) is 0 Å². The molecule has 0 fully saturated rings. The van der Waals surface area contributed by atoms with Gasteiger partial charge in [-0.15, -0.1) is 24.2 Å². The number of alkyl halides is 1. The lowest BCUT2D eigenvalue weighted by molar-refractivity contribution is 0.109. The Bertz CT molecular complexity index is 314. The van der Waals surface area contributed by atoms with E-state index < -0.39 is 10.9 Å². The van der Waals surface area contributed by atoms with Gasteiger partial charge in [0.1, 0.15) is 5.82 Å². The van der Waals surface area contributed by atoms with Gasteiger partial charge in [-0.2, -0.15) is 0 Å². The van der Waals surface area contributed by atoms with Crippen molar-refractivity contribution >= 4 is 29.3 Å². The molecule has 1 aromatic carbocycles. The summed E-state index contributed by atoms with van der Waals surface area (Å²) in [7, 11) is 0. The largest absolute Gasteiger partial charge is 0.282 e. The van der Waals surface area contributed by atoms with Crippen LogP contribution in [0.5, 0.6) is 0 Å². The molecule has 0 saturated heterocycles. The Balaban J connectivity index is 3.10. The Hall–Kier alpha value is -0.540. The molecule has 0 aliphatic heterocycles. The Kier molecular flexibility index (Phi) is 3.12. The van der Waals surface area contributed by atoms with Crippen LogP contribution in [-0.4, -0.2) is 5.12 Å². The van der Waals surface area contributed by atoms with Gasteiger partial charge >= 0.3 is 0 Å². The van der Waals surface area contributed by atoms with Crippen molar-refractivity contribution in [2.45, 2.75) is 5.88 Å². The molecule has 0 bridgehead atoms. The molecule has 0 radical (unpaired) electrons. The molecule has 0 N–H and O–H groups in total. The number of hydrogen-bond donors (Lipinski definition) is 1. The Morgan fingerprint density at radius 1 is 1.58 bits per heavy atom. The van der Waals surface area contributed by atoms with Crippen LogP contribution in [0.1, 0.15) is 15.9 Å². The zero-order chi connectivity index (χ0) is 9.14. The van der Waals surface area contributed by atoms with Crippen LogP contribution in [0.15, 0.2) is 18.2 Å². The summed E-state index contributed by atoms with van der Waals surface area (Å²) in [6, 6.07) is 4.11. The summed E-state index contributed by atoms with van der Waals surface area (Å²) in [6.45, 7) is 0. The van der Waals surface area contributed by atoms with E-state index in [9.17, 15) is 9.18 Å². The number of halogens is 2. The lowest BCUT2D eigenvalue weighted by Gasteiger charge is -1.99. The van der Waals surface area contributed by atoms with Crippen molar-refractivity contribution in [2.75, 3.05) is 0 Å². The van der Waals surface area contributed by atoms with Gasteiger partial charge in [-0.1, -0.05) is 6.07 Å². The van der Waals surface area contributed by atoms with E-state index in [0.717, 1.165) is 6.07 Å². The van der Waals surface area contributed by atoms with Gasteiger partial charge in [-0.05, 0) is 12.1 Å². The summed E-state index contributed by atoms with van der Waals surface area (Å²) in [5, 5.41) is -0.449.